The Morgan fingerprint density at radius 3 is 2.95 bits per heavy atom. The molecule has 1 N–H and O–H groups in total. The van der Waals surface area contributed by atoms with Crippen molar-refractivity contribution in [3.8, 4) is 11.4 Å². The summed E-state index contributed by atoms with van der Waals surface area (Å²) in [6.45, 7) is 3.46. The van der Waals surface area contributed by atoms with Crippen LogP contribution < -0.4 is 10.2 Å². The number of amides is 1. The lowest BCUT2D eigenvalue weighted by Crippen LogP contribution is -2.55. The van der Waals surface area contributed by atoms with E-state index < -0.39 is 0 Å². The summed E-state index contributed by atoms with van der Waals surface area (Å²) in [5.74, 6) is 0.807. The minimum Gasteiger partial charge on any atom is -0.353 e. The van der Waals surface area contributed by atoms with Crippen LogP contribution in [0.4, 0.5) is 5.13 Å². The van der Waals surface area contributed by atoms with Crippen LogP contribution >= 0.6 is 11.5 Å². The minimum atomic E-state index is -0.139. The highest BCUT2D eigenvalue weighted by atomic mass is 32.1. The molecule has 0 spiro atoms. The fraction of sp³-hybridized carbons (Fsp3) is 0.357. The molecule has 1 aromatic heterocycles. The molecule has 20 heavy (non-hydrogen) atoms. The van der Waals surface area contributed by atoms with Crippen LogP contribution in [0.5, 0.6) is 0 Å². The number of piperazine rings is 1. The minimum absolute atomic E-state index is 0.0789. The Morgan fingerprint density at radius 1 is 1.40 bits per heavy atom. The molecule has 1 unspecified atom stereocenters. The zero-order valence-corrected chi connectivity index (χ0v) is 12.1. The molecule has 2 aromatic rings. The summed E-state index contributed by atoms with van der Waals surface area (Å²) in [7, 11) is 0. The second-order valence-electron chi connectivity index (χ2n) is 4.68. The van der Waals surface area contributed by atoms with E-state index in [2.05, 4.69) is 19.6 Å². The topological polar surface area (TPSA) is 58.1 Å². The van der Waals surface area contributed by atoms with Crippen LogP contribution in [0, 0.1) is 0 Å². The third-order valence-electron chi connectivity index (χ3n) is 3.41. The van der Waals surface area contributed by atoms with Gasteiger partial charge < -0.3 is 10.2 Å². The summed E-state index contributed by atoms with van der Waals surface area (Å²) in [4.78, 5) is 18.5. The lowest BCUT2D eigenvalue weighted by Gasteiger charge is -2.33. The predicted molar refractivity (Wildman–Crippen MR) is 79.8 cm³/mol. The number of carbonyl (C=O) groups excluding carboxylic acids is 1. The average molecular weight is 288 g/mol. The van der Waals surface area contributed by atoms with Gasteiger partial charge in [-0.3, -0.25) is 4.79 Å². The summed E-state index contributed by atoms with van der Waals surface area (Å²) >= 11 is 1.36. The molecule has 5 nitrogen and oxygen atoms in total. The first-order valence-electron chi connectivity index (χ1n) is 6.73. The van der Waals surface area contributed by atoms with Gasteiger partial charge in [-0.15, -0.1) is 0 Å². The Bertz CT molecular complexity index is 598. The van der Waals surface area contributed by atoms with E-state index in [1.807, 2.05) is 37.3 Å². The number of aromatic nitrogens is 2. The first-order valence-corrected chi connectivity index (χ1v) is 7.50. The Hall–Kier alpha value is -1.95. The molecule has 0 radical (unpaired) electrons. The van der Waals surface area contributed by atoms with Crippen molar-refractivity contribution in [1.82, 2.24) is 14.7 Å². The fourth-order valence-electron chi connectivity index (χ4n) is 2.39. The van der Waals surface area contributed by atoms with Crippen LogP contribution in [0.15, 0.2) is 30.3 Å². The Balaban J connectivity index is 1.88. The van der Waals surface area contributed by atoms with Gasteiger partial charge in [-0.2, -0.15) is 9.36 Å². The van der Waals surface area contributed by atoms with Gasteiger partial charge in [0.25, 0.3) is 0 Å². The molecule has 104 valence electrons. The smallest absolute Gasteiger partial charge is 0.242 e. The van der Waals surface area contributed by atoms with Gasteiger partial charge in [0, 0.05) is 30.2 Å². The molecular weight excluding hydrogens is 272 g/mol. The van der Waals surface area contributed by atoms with Gasteiger partial charge in [-0.25, -0.2) is 0 Å². The van der Waals surface area contributed by atoms with Crippen molar-refractivity contribution < 1.29 is 4.79 Å². The lowest BCUT2D eigenvalue weighted by molar-refractivity contribution is -0.123. The SMILES string of the molecule is CCC1C(=O)NCCN1c1nc(-c2ccccc2)ns1. The highest BCUT2D eigenvalue weighted by Gasteiger charge is 2.30. The zero-order chi connectivity index (χ0) is 13.9. The van der Waals surface area contributed by atoms with Gasteiger partial charge in [-0.05, 0) is 6.42 Å². The van der Waals surface area contributed by atoms with Crippen LogP contribution in [0.3, 0.4) is 0 Å². The van der Waals surface area contributed by atoms with Crippen LogP contribution in [0.2, 0.25) is 0 Å². The monoisotopic (exact) mass is 288 g/mol. The largest absolute Gasteiger partial charge is 0.353 e. The van der Waals surface area contributed by atoms with Crippen LogP contribution in [0.1, 0.15) is 13.3 Å². The standard InChI is InChI=1S/C14H16N4OS/c1-2-11-13(19)15-8-9-18(11)14-16-12(17-20-14)10-6-4-3-5-7-10/h3-7,11H,2,8-9H2,1H3,(H,15,19). The van der Waals surface area contributed by atoms with E-state index in [-0.39, 0.29) is 11.9 Å². The third kappa shape index (κ3) is 2.38. The number of rotatable bonds is 3. The van der Waals surface area contributed by atoms with Crippen LogP contribution in [-0.2, 0) is 4.79 Å². The van der Waals surface area contributed by atoms with Crippen LogP contribution in [-0.4, -0.2) is 34.4 Å². The van der Waals surface area contributed by atoms with E-state index in [0.29, 0.717) is 6.54 Å². The van der Waals surface area contributed by atoms with E-state index in [1.54, 1.807) is 0 Å². The molecule has 3 rings (SSSR count). The highest BCUT2D eigenvalue weighted by Crippen LogP contribution is 2.26. The van der Waals surface area contributed by atoms with Crippen molar-refractivity contribution >= 4 is 22.6 Å². The number of hydrogen-bond donors (Lipinski definition) is 1. The Kier molecular flexibility index (Phi) is 3.64. The molecular formula is C14H16N4OS. The summed E-state index contributed by atoms with van der Waals surface area (Å²) in [6, 6.07) is 9.76. The molecule has 6 heteroatoms. The lowest BCUT2D eigenvalue weighted by atomic mass is 10.1. The number of benzene rings is 1. The zero-order valence-electron chi connectivity index (χ0n) is 11.2. The maximum absolute atomic E-state index is 11.9. The summed E-state index contributed by atoms with van der Waals surface area (Å²) < 4.78 is 4.41. The maximum atomic E-state index is 11.9. The highest BCUT2D eigenvalue weighted by molar-refractivity contribution is 7.09. The molecule has 1 aliphatic rings. The molecule has 1 saturated heterocycles. The van der Waals surface area contributed by atoms with Crippen molar-refractivity contribution in [1.29, 1.82) is 0 Å². The molecule has 0 saturated carbocycles. The molecule has 1 fully saturated rings. The van der Waals surface area contributed by atoms with E-state index in [9.17, 15) is 4.79 Å². The van der Waals surface area contributed by atoms with Crippen molar-refractivity contribution in [2.45, 2.75) is 19.4 Å². The average Bonchev–Trinajstić information content (AvgIpc) is 2.97. The summed E-state index contributed by atoms with van der Waals surface area (Å²) in [5, 5.41) is 3.72. The quantitative estimate of drug-likeness (QED) is 0.937. The molecule has 1 aromatic carbocycles. The van der Waals surface area contributed by atoms with Gasteiger partial charge in [0.2, 0.25) is 11.0 Å². The van der Waals surface area contributed by atoms with Gasteiger partial charge in [0.05, 0.1) is 0 Å². The number of nitrogens with one attached hydrogen (secondary N) is 1. The van der Waals surface area contributed by atoms with Crippen LogP contribution in [0.25, 0.3) is 11.4 Å². The molecule has 2 heterocycles. The first kappa shape index (κ1) is 13.1. The van der Waals surface area contributed by atoms with E-state index in [1.165, 1.54) is 11.5 Å². The second-order valence-corrected chi connectivity index (χ2v) is 5.41. The maximum Gasteiger partial charge on any atom is 0.242 e. The van der Waals surface area contributed by atoms with Crippen molar-refractivity contribution in [3.05, 3.63) is 30.3 Å². The molecule has 1 amide bonds. The van der Waals surface area contributed by atoms with Crippen molar-refractivity contribution in [3.63, 3.8) is 0 Å². The van der Waals surface area contributed by atoms with Gasteiger partial charge in [0.15, 0.2) is 5.82 Å². The van der Waals surface area contributed by atoms with E-state index in [0.717, 1.165) is 29.5 Å². The van der Waals surface area contributed by atoms with Crippen molar-refractivity contribution in [2.24, 2.45) is 0 Å². The summed E-state index contributed by atoms with van der Waals surface area (Å²) in [6.07, 6.45) is 0.770. The van der Waals surface area contributed by atoms with Gasteiger partial charge in [0.1, 0.15) is 6.04 Å². The molecule has 0 bridgehead atoms. The Morgan fingerprint density at radius 2 is 2.20 bits per heavy atom. The van der Waals surface area contributed by atoms with Gasteiger partial charge >= 0.3 is 0 Å². The number of carbonyl (C=O) groups is 1. The Labute approximate surface area is 121 Å². The number of anilines is 1. The second kappa shape index (κ2) is 5.58. The first-order chi connectivity index (χ1) is 9.79. The number of nitrogens with zero attached hydrogens (tertiary/aromatic N) is 3. The summed E-state index contributed by atoms with van der Waals surface area (Å²) in [5.41, 5.74) is 1.00. The van der Waals surface area contributed by atoms with E-state index in [4.69, 9.17) is 0 Å². The third-order valence-corrected chi connectivity index (χ3v) is 4.16. The number of hydrogen-bond acceptors (Lipinski definition) is 5. The predicted octanol–water partition coefficient (Wildman–Crippen LogP) is 1.92. The molecule has 0 aliphatic carbocycles. The van der Waals surface area contributed by atoms with E-state index >= 15 is 0 Å². The molecule has 1 atom stereocenters. The van der Waals surface area contributed by atoms with Crippen molar-refractivity contribution in [2.75, 3.05) is 18.0 Å². The van der Waals surface area contributed by atoms with Gasteiger partial charge in [-0.1, -0.05) is 37.3 Å². The normalized spacial score (nSPS) is 18.9. The molecule has 1 aliphatic heterocycles. The fourth-order valence-corrected chi connectivity index (χ4v) is 3.15.